The molecule has 58 heavy (non-hydrogen) atoms. The summed E-state index contributed by atoms with van der Waals surface area (Å²) in [6, 6.07) is 7.44. The first-order chi connectivity index (χ1) is 27.8. The molecule has 14 nitrogen and oxygen atoms in total. The lowest BCUT2D eigenvalue weighted by molar-refractivity contribution is -0.141. The van der Waals surface area contributed by atoms with Gasteiger partial charge in [0.1, 0.15) is 35.8 Å². The molecule has 2 fully saturated rings. The van der Waals surface area contributed by atoms with Crippen LogP contribution in [0.5, 0.6) is 0 Å². The van der Waals surface area contributed by atoms with Gasteiger partial charge in [-0.3, -0.25) is 28.8 Å². The predicted octanol–water partition coefficient (Wildman–Crippen LogP) is 2.41. The molecular formula is C42H60F2N8O6. The average Bonchev–Trinajstić information content (AvgIpc) is 3.93. The monoisotopic (exact) mass is 810 g/mol. The van der Waals surface area contributed by atoms with Gasteiger partial charge in [0.05, 0.1) is 12.1 Å². The molecule has 6 amide bonds. The highest BCUT2D eigenvalue weighted by molar-refractivity contribution is 5.94. The lowest BCUT2D eigenvalue weighted by Crippen LogP contribution is -2.55. The number of likely N-dealkylation sites (tertiary alicyclic amines) is 2. The number of nitrogens with one attached hydrogen (secondary N) is 6. The molecule has 6 N–H and O–H groups in total. The summed E-state index contributed by atoms with van der Waals surface area (Å²) in [5, 5.41) is 17.3. The smallest absolute Gasteiger partial charge is 0.245 e. The van der Waals surface area contributed by atoms with Gasteiger partial charge in [-0.2, -0.15) is 0 Å². The van der Waals surface area contributed by atoms with Gasteiger partial charge in [0.25, 0.3) is 0 Å². The van der Waals surface area contributed by atoms with Crippen LogP contribution in [0.15, 0.2) is 48.5 Å². The second kappa shape index (κ2) is 22.8. The number of likely N-dealkylation sites (N-methyl/N-ethyl adjacent to an activating group) is 2. The number of carbonyl (C=O) groups excluding carboxylic acids is 6. The number of hydrogen-bond acceptors (Lipinski definition) is 8. The third-order valence-electron chi connectivity index (χ3n) is 11.1. The molecule has 0 spiro atoms. The van der Waals surface area contributed by atoms with Crippen LogP contribution in [-0.2, 0) is 41.9 Å². The minimum absolute atomic E-state index is 0.189. The van der Waals surface area contributed by atoms with Crippen molar-refractivity contribution in [2.24, 2.45) is 0 Å². The average molecular weight is 811 g/mol. The zero-order valence-corrected chi connectivity index (χ0v) is 34.1. The minimum atomic E-state index is -0.855. The van der Waals surface area contributed by atoms with Crippen LogP contribution in [0.1, 0.15) is 89.2 Å². The molecule has 2 aliphatic heterocycles. The van der Waals surface area contributed by atoms with E-state index in [2.05, 4.69) is 31.9 Å². The Morgan fingerprint density at radius 2 is 0.966 bits per heavy atom. The van der Waals surface area contributed by atoms with E-state index in [1.54, 1.807) is 52.2 Å². The molecule has 2 aliphatic rings. The van der Waals surface area contributed by atoms with E-state index in [1.807, 2.05) is 0 Å². The van der Waals surface area contributed by atoms with Crippen molar-refractivity contribution in [3.63, 3.8) is 0 Å². The number of benzene rings is 2. The van der Waals surface area contributed by atoms with Gasteiger partial charge in [-0.05, 0) is 102 Å². The second-order valence-electron chi connectivity index (χ2n) is 15.2. The molecule has 0 bridgehead atoms. The van der Waals surface area contributed by atoms with Crippen molar-refractivity contribution >= 4 is 35.4 Å². The van der Waals surface area contributed by atoms with Crippen LogP contribution in [0.4, 0.5) is 8.78 Å². The van der Waals surface area contributed by atoms with E-state index in [-0.39, 0.29) is 60.2 Å². The van der Waals surface area contributed by atoms with Crippen LogP contribution in [0.25, 0.3) is 0 Å². The molecule has 0 saturated carbocycles. The lowest BCUT2D eigenvalue weighted by Gasteiger charge is -2.30. The maximum atomic E-state index is 14.0. The number of carbonyl (C=O) groups is 6. The van der Waals surface area contributed by atoms with Gasteiger partial charge in [-0.25, -0.2) is 8.78 Å². The SMILES string of the molecule is CN[C@@H](C)C(=O)N[C@@H](CCCCCC[C@H](NC(=O)[C@H](C)NC)C(=O)N1CCC[C@H]1C(=O)NCc1ccc(F)cc1)C(=O)N1CCCC1C(=O)NCc1ccc(F)cc1. The van der Waals surface area contributed by atoms with Gasteiger partial charge in [-0.1, -0.05) is 49.9 Å². The van der Waals surface area contributed by atoms with Crippen LogP contribution in [0, 0.1) is 11.6 Å². The third kappa shape index (κ3) is 13.3. The first-order valence-corrected chi connectivity index (χ1v) is 20.4. The fourth-order valence-electron chi connectivity index (χ4n) is 7.25. The van der Waals surface area contributed by atoms with Crippen molar-refractivity contribution in [2.45, 2.75) is 127 Å². The minimum Gasteiger partial charge on any atom is -0.350 e. The number of halogens is 2. The molecule has 2 saturated heterocycles. The molecule has 0 radical (unpaired) electrons. The Morgan fingerprint density at radius 1 is 0.603 bits per heavy atom. The van der Waals surface area contributed by atoms with E-state index in [4.69, 9.17) is 0 Å². The zero-order valence-electron chi connectivity index (χ0n) is 34.1. The number of hydrogen-bond donors (Lipinski definition) is 6. The van der Waals surface area contributed by atoms with Crippen LogP contribution < -0.4 is 31.9 Å². The molecule has 2 aromatic carbocycles. The van der Waals surface area contributed by atoms with Crippen molar-refractivity contribution < 1.29 is 37.5 Å². The first kappa shape index (κ1) is 45.7. The fraction of sp³-hybridized carbons (Fsp3) is 0.571. The largest absolute Gasteiger partial charge is 0.350 e. The summed E-state index contributed by atoms with van der Waals surface area (Å²) in [6.07, 6.45) is 5.39. The van der Waals surface area contributed by atoms with Crippen LogP contribution in [0.2, 0.25) is 0 Å². The zero-order chi connectivity index (χ0) is 42.2. The first-order valence-electron chi connectivity index (χ1n) is 20.4. The van der Waals surface area contributed by atoms with Crippen LogP contribution in [-0.4, -0.2) is 109 Å². The quantitative estimate of drug-likeness (QED) is 0.104. The lowest BCUT2D eigenvalue weighted by atomic mass is 10.0. The van der Waals surface area contributed by atoms with Gasteiger partial charge in [-0.15, -0.1) is 0 Å². The Balaban J connectivity index is 1.33. The Kier molecular flexibility index (Phi) is 18.0. The van der Waals surface area contributed by atoms with Crippen molar-refractivity contribution in [1.29, 1.82) is 0 Å². The standard InChI is InChI=1S/C42H60F2N8O6/c1-27(45-3)37(53)49-33(41(57)51-23-9-13-35(51)39(55)47-25-29-15-19-31(43)20-16-29)11-7-5-6-8-12-34(50-38(54)28(2)46-4)42(58)52-24-10-14-36(52)40(56)48-26-30-17-21-32(44)22-18-30/h15-22,27-28,33-36,45-46H,5-14,23-26H2,1-4H3,(H,47,55)(H,48,56)(H,49,53)(H,50,54)/t27-,28-,33-,34-,35-,36?/m0/s1. The van der Waals surface area contributed by atoms with Crippen molar-refractivity contribution in [3.8, 4) is 0 Å². The van der Waals surface area contributed by atoms with E-state index >= 15 is 0 Å². The van der Waals surface area contributed by atoms with Gasteiger partial charge in [0.15, 0.2) is 0 Å². The number of rotatable bonds is 21. The maximum Gasteiger partial charge on any atom is 0.245 e. The molecule has 4 rings (SSSR count). The summed E-state index contributed by atoms with van der Waals surface area (Å²) >= 11 is 0. The summed E-state index contributed by atoms with van der Waals surface area (Å²) in [5.74, 6) is -2.70. The Hall–Kier alpha value is -4.96. The fourth-order valence-corrected chi connectivity index (χ4v) is 7.25. The highest BCUT2D eigenvalue weighted by Crippen LogP contribution is 2.23. The summed E-state index contributed by atoms with van der Waals surface area (Å²) in [4.78, 5) is 83.3. The van der Waals surface area contributed by atoms with E-state index in [0.29, 0.717) is 77.3 Å². The molecule has 318 valence electrons. The normalized spacial score (nSPS) is 18.5. The van der Waals surface area contributed by atoms with E-state index in [9.17, 15) is 37.5 Å². The van der Waals surface area contributed by atoms with Crippen molar-refractivity contribution in [2.75, 3.05) is 27.2 Å². The molecule has 2 aromatic rings. The molecule has 6 atom stereocenters. The number of nitrogens with zero attached hydrogens (tertiary/aromatic N) is 2. The maximum absolute atomic E-state index is 14.0. The summed E-state index contributed by atoms with van der Waals surface area (Å²) in [7, 11) is 3.30. The summed E-state index contributed by atoms with van der Waals surface area (Å²) in [6.45, 7) is 4.52. The number of amides is 6. The number of unbranched alkanes of at least 4 members (excludes halogenated alkanes) is 3. The predicted molar refractivity (Wildman–Crippen MR) is 215 cm³/mol. The van der Waals surface area contributed by atoms with Gasteiger partial charge >= 0.3 is 0 Å². The summed E-state index contributed by atoms with van der Waals surface area (Å²) < 4.78 is 26.7. The highest BCUT2D eigenvalue weighted by Gasteiger charge is 2.39. The molecule has 0 aliphatic carbocycles. The van der Waals surface area contributed by atoms with Crippen molar-refractivity contribution in [1.82, 2.24) is 41.7 Å². The molecule has 16 heteroatoms. The Morgan fingerprint density at radius 3 is 1.31 bits per heavy atom. The van der Waals surface area contributed by atoms with Gasteiger partial charge in [0.2, 0.25) is 35.4 Å². The Labute approximate surface area is 340 Å². The molecule has 0 aromatic heterocycles. The highest BCUT2D eigenvalue weighted by atomic mass is 19.1. The van der Waals surface area contributed by atoms with Crippen LogP contribution in [0.3, 0.4) is 0 Å². The summed E-state index contributed by atoms with van der Waals surface area (Å²) in [5.41, 5.74) is 1.45. The van der Waals surface area contributed by atoms with Crippen molar-refractivity contribution in [3.05, 3.63) is 71.3 Å². The third-order valence-corrected chi connectivity index (χ3v) is 11.1. The van der Waals surface area contributed by atoms with Gasteiger partial charge < -0.3 is 41.7 Å². The molecule has 2 heterocycles. The van der Waals surface area contributed by atoms with E-state index in [1.165, 1.54) is 34.1 Å². The van der Waals surface area contributed by atoms with Crippen LogP contribution >= 0.6 is 0 Å². The van der Waals surface area contributed by atoms with Gasteiger partial charge in [0, 0.05) is 26.2 Å². The van der Waals surface area contributed by atoms with E-state index < -0.39 is 36.3 Å². The molecule has 1 unspecified atom stereocenters. The Bertz CT molecular complexity index is 1570. The second-order valence-corrected chi connectivity index (χ2v) is 15.2. The molecular weight excluding hydrogens is 751 g/mol. The topological polar surface area (TPSA) is 181 Å². The van der Waals surface area contributed by atoms with E-state index in [0.717, 1.165) is 11.1 Å².